The lowest BCUT2D eigenvalue weighted by atomic mass is 9.98. The summed E-state index contributed by atoms with van der Waals surface area (Å²) >= 11 is 0. The molecule has 22 nitrogen and oxygen atoms in total. The summed E-state index contributed by atoms with van der Waals surface area (Å²) < 4.78 is 22.5. The third kappa shape index (κ3) is 10.4. The molecule has 3 aromatic carbocycles. The number of carbonyl (C=O) groups is 6. The summed E-state index contributed by atoms with van der Waals surface area (Å²) in [6.07, 6.45) is 1.73. The zero-order chi connectivity index (χ0) is 54.1. The van der Waals surface area contributed by atoms with Crippen LogP contribution in [0.2, 0.25) is 0 Å². The van der Waals surface area contributed by atoms with Gasteiger partial charge in [-0.25, -0.2) is 0 Å². The van der Waals surface area contributed by atoms with Crippen molar-refractivity contribution in [1.82, 2.24) is 47.6 Å². The number of aromatic nitrogens is 8. The molecule has 6 amide bonds. The first-order valence-corrected chi connectivity index (χ1v) is 25.6. The lowest BCUT2D eigenvalue weighted by Crippen LogP contribution is -2.50. The number of likely N-dealkylation sites (tertiary alicyclic amines) is 1. The highest BCUT2D eigenvalue weighted by Crippen LogP contribution is 2.28. The molecule has 1 saturated heterocycles. The molecule has 0 saturated carbocycles. The number of aryl methyl sites for hydroxylation is 8. The molecule has 4 aromatic heterocycles. The summed E-state index contributed by atoms with van der Waals surface area (Å²) in [4.78, 5) is 94.3. The number of carbonyl (C=O) groups excluding carboxylic acids is 6. The molecule has 0 spiro atoms. The zero-order valence-electron chi connectivity index (χ0n) is 44.0. The maximum absolute atomic E-state index is 14.4. The monoisotopic (exact) mass is 1040 g/mol. The number of nitrogens with zero attached hydrogens (tertiary/aromatic N) is 12. The van der Waals surface area contributed by atoms with Gasteiger partial charge in [0, 0.05) is 71.0 Å². The molecule has 0 bridgehead atoms. The first-order valence-electron chi connectivity index (χ1n) is 25.6. The highest BCUT2D eigenvalue weighted by atomic mass is 16.5. The van der Waals surface area contributed by atoms with Gasteiger partial charge in [0.1, 0.15) is 29.8 Å². The van der Waals surface area contributed by atoms with Gasteiger partial charge in [0.05, 0.1) is 46.7 Å². The number of benzene rings is 3. The van der Waals surface area contributed by atoms with Crippen molar-refractivity contribution in [3.63, 3.8) is 0 Å². The van der Waals surface area contributed by atoms with Crippen molar-refractivity contribution in [1.29, 1.82) is 0 Å². The van der Waals surface area contributed by atoms with E-state index in [1.54, 1.807) is 107 Å². The topological polar surface area (TPSA) is 259 Å². The van der Waals surface area contributed by atoms with Gasteiger partial charge in [-0.15, -0.1) is 0 Å². The van der Waals surface area contributed by atoms with E-state index < -0.39 is 35.8 Å². The molecule has 4 N–H and O–H groups in total. The SMILES string of the molecule is CCn1nc(C)cc1C(=O)N=c1n(C)c2cc(C(N)=O)ccc2n1CCC(CCn1c(=NC(=O)c2cc(C)nn2CC)n(C)c2cc(C(N)=O)ccc21)OCC(=O)N1CCC[C@H]1C(=O)N1CCc2cc(OC)ccc2C1. The maximum atomic E-state index is 14.4. The second-order valence-electron chi connectivity index (χ2n) is 19.4. The minimum Gasteiger partial charge on any atom is -0.497 e. The zero-order valence-corrected chi connectivity index (χ0v) is 44.0. The number of rotatable bonds is 17. The summed E-state index contributed by atoms with van der Waals surface area (Å²) in [5.41, 5.74) is 19.2. The van der Waals surface area contributed by atoms with Crippen LogP contribution >= 0.6 is 0 Å². The number of nitrogens with two attached hydrogens (primary N) is 2. The number of ether oxygens (including phenoxy) is 2. The van der Waals surface area contributed by atoms with E-state index in [0.29, 0.717) is 96.8 Å². The molecule has 22 heteroatoms. The Morgan fingerprint density at radius 3 is 1.74 bits per heavy atom. The van der Waals surface area contributed by atoms with Crippen molar-refractivity contribution in [3.05, 3.63) is 123 Å². The van der Waals surface area contributed by atoms with Gasteiger partial charge >= 0.3 is 0 Å². The van der Waals surface area contributed by atoms with E-state index in [4.69, 9.17) is 20.9 Å². The lowest BCUT2D eigenvalue weighted by molar-refractivity contribution is -0.148. The summed E-state index contributed by atoms with van der Waals surface area (Å²) in [7, 11) is 5.13. The molecule has 1 atom stereocenters. The fraction of sp³-hybridized carbons (Fsp3) is 0.407. The fourth-order valence-electron chi connectivity index (χ4n) is 10.6. The van der Waals surface area contributed by atoms with Crippen molar-refractivity contribution < 1.29 is 38.2 Å². The van der Waals surface area contributed by atoms with E-state index >= 15 is 0 Å². The van der Waals surface area contributed by atoms with Gasteiger partial charge in [-0.05, 0) is 132 Å². The quantitative estimate of drug-likeness (QED) is 0.134. The molecule has 0 unspecified atom stereocenters. The van der Waals surface area contributed by atoms with Crippen LogP contribution in [0.5, 0.6) is 5.75 Å². The Morgan fingerprint density at radius 2 is 1.24 bits per heavy atom. The highest BCUT2D eigenvalue weighted by Gasteiger charge is 2.38. The van der Waals surface area contributed by atoms with E-state index in [0.717, 1.165) is 16.9 Å². The van der Waals surface area contributed by atoms with Crippen molar-refractivity contribution >= 4 is 57.5 Å². The van der Waals surface area contributed by atoms with Crippen LogP contribution in [0.15, 0.2) is 76.7 Å². The molecule has 6 heterocycles. The van der Waals surface area contributed by atoms with Crippen LogP contribution in [-0.4, -0.2) is 122 Å². The summed E-state index contributed by atoms with van der Waals surface area (Å²) in [5.74, 6) is -1.95. The fourth-order valence-corrected chi connectivity index (χ4v) is 10.6. The molecule has 0 aliphatic carbocycles. The van der Waals surface area contributed by atoms with E-state index in [1.807, 2.05) is 46.1 Å². The maximum Gasteiger partial charge on any atom is 0.298 e. The Bertz CT molecular complexity index is 3430. The van der Waals surface area contributed by atoms with Crippen LogP contribution in [0, 0.1) is 13.8 Å². The number of methoxy groups -OCH3 is 1. The number of hydrogen-bond donors (Lipinski definition) is 2. The van der Waals surface area contributed by atoms with Gasteiger partial charge in [0.15, 0.2) is 0 Å². The first-order chi connectivity index (χ1) is 36.5. The van der Waals surface area contributed by atoms with Crippen molar-refractivity contribution in [2.45, 2.75) is 105 Å². The standard InChI is InChI=1S/C54H64N14O8/c1-8-67-45(25-32(3)59-67)50(72)57-53-61(5)43-28-35(48(55)70)13-16-40(43)65(53)23-19-38(76-31-47(69)64-21-10-11-42(64)52(74)63-22-18-34-27-39(75-7)15-12-37(34)30-63)20-24-66-41-17-14-36(49(56)71)29-44(41)62(6)54(66)58-51(73)46-26-33(4)60-68(46)9-2/h12-17,25-29,38,42H,8-11,18-24,30-31H2,1-7H3,(H2,55,70)(H2,56,71)/t38?,42-/m0/s1. The molecule has 9 rings (SSSR count). The Hall–Kier alpha value is -8.40. The molecular formula is C54H64N14O8. The van der Waals surface area contributed by atoms with Gasteiger partial charge in [-0.3, -0.25) is 38.1 Å². The van der Waals surface area contributed by atoms with E-state index in [1.165, 1.54) is 0 Å². The van der Waals surface area contributed by atoms with E-state index in [-0.39, 0.29) is 66.7 Å². The van der Waals surface area contributed by atoms with E-state index in [2.05, 4.69) is 20.2 Å². The number of fused-ring (bicyclic) bond motifs is 3. The molecular weight excluding hydrogens is 973 g/mol. The lowest BCUT2D eigenvalue weighted by Gasteiger charge is -2.34. The highest BCUT2D eigenvalue weighted by molar-refractivity contribution is 5.98. The predicted molar refractivity (Wildman–Crippen MR) is 280 cm³/mol. The Morgan fingerprint density at radius 1 is 0.697 bits per heavy atom. The second-order valence-corrected chi connectivity index (χ2v) is 19.4. The smallest absolute Gasteiger partial charge is 0.298 e. The molecule has 2 aliphatic rings. The summed E-state index contributed by atoms with van der Waals surface area (Å²) in [5, 5.41) is 8.91. The molecule has 398 valence electrons. The van der Waals surface area contributed by atoms with Gasteiger partial charge < -0.3 is 49.0 Å². The average molecular weight is 1040 g/mol. The third-order valence-corrected chi connectivity index (χ3v) is 14.5. The Balaban J connectivity index is 1.06. The van der Waals surface area contributed by atoms with Crippen LogP contribution in [-0.2, 0) is 67.6 Å². The van der Waals surface area contributed by atoms with Crippen molar-refractivity contribution in [2.24, 2.45) is 35.5 Å². The summed E-state index contributed by atoms with van der Waals surface area (Å²) in [6, 6.07) is 18.6. The number of imidazole rings is 2. The second kappa shape index (κ2) is 21.8. The third-order valence-electron chi connectivity index (χ3n) is 14.5. The predicted octanol–water partition coefficient (Wildman–Crippen LogP) is 3.45. The van der Waals surface area contributed by atoms with Gasteiger partial charge in [-0.1, -0.05) is 6.07 Å². The number of amides is 6. The summed E-state index contributed by atoms with van der Waals surface area (Å²) in [6.45, 7) is 9.71. The Kier molecular flexibility index (Phi) is 15.1. The minimum absolute atomic E-state index is 0.103. The van der Waals surface area contributed by atoms with Crippen LogP contribution in [0.1, 0.15) is 104 Å². The molecule has 76 heavy (non-hydrogen) atoms. The normalized spacial score (nSPS) is 15.5. The van der Waals surface area contributed by atoms with Crippen LogP contribution in [0.4, 0.5) is 0 Å². The van der Waals surface area contributed by atoms with Crippen molar-refractivity contribution in [3.8, 4) is 5.75 Å². The van der Waals surface area contributed by atoms with Crippen LogP contribution in [0.25, 0.3) is 22.1 Å². The molecule has 1 fully saturated rings. The van der Waals surface area contributed by atoms with Crippen molar-refractivity contribution in [2.75, 3.05) is 26.8 Å². The number of primary amides is 2. The van der Waals surface area contributed by atoms with Gasteiger partial charge in [0.25, 0.3) is 11.8 Å². The number of hydrogen-bond acceptors (Lipinski definition) is 10. The minimum atomic E-state index is -0.669. The Labute approximate surface area is 437 Å². The molecule has 2 aliphatic heterocycles. The van der Waals surface area contributed by atoms with Crippen LogP contribution < -0.4 is 27.4 Å². The molecule has 7 aromatic rings. The first kappa shape index (κ1) is 52.5. The average Bonchev–Trinajstić information content (AvgIpc) is 4.26. The van der Waals surface area contributed by atoms with E-state index in [9.17, 15) is 28.8 Å². The van der Waals surface area contributed by atoms with Gasteiger partial charge in [-0.2, -0.15) is 20.2 Å². The van der Waals surface area contributed by atoms with Crippen LogP contribution in [0.3, 0.4) is 0 Å². The van der Waals surface area contributed by atoms with Gasteiger partial charge in [0.2, 0.25) is 34.9 Å². The molecule has 0 radical (unpaired) electrons. The largest absolute Gasteiger partial charge is 0.497 e.